The molecule has 0 bridgehead atoms. The maximum atomic E-state index is 13.0. The third-order valence-electron chi connectivity index (χ3n) is 1.68. The van der Waals surface area contributed by atoms with Crippen LogP contribution in [0.5, 0.6) is 0 Å². The molecule has 1 rings (SSSR count). The topological polar surface area (TPSA) is 73.0 Å². The Morgan fingerprint density at radius 3 is 2.40 bits per heavy atom. The number of hydrogen-bond acceptors (Lipinski definition) is 3. The van der Waals surface area contributed by atoms with Crippen LogP contribution in [0.3, 0.4) is 0 Å². The van der Waals surface area contributed by atoms with Crippen molar-refractivity contribution in [2.75, 3.05) is 0 Å². The minimum absolute atomic E-state index is 0.268. The first-order valence-electron chi connectivity index (χ1n) is 3.71. The lowest BCUT2D eigenvalue weighted by Crippen LogP contribution is -2.17. The number of primary sulfonamides is 1. The molecule has 4 nitrogen and oxygen atoms in total. The highest BCUT2D eigenvalue weighted by atomic mass is 32.2. The molecule has 0 fully saturated rings. The highest BCUT2D eigenvalue weighted by Crippen LogP contribution is 2.24. The fourth-order valence-electron chi connectivity index (χ4n) is 0.993. The summed E-state index contributed by atoms with van der Waals surface area (Å²) in [7, 11) is -4.33. The van der Waals surface area contributed by atoms with E-state index in [0.29, 0.717) is 6.07 Å². The summed E-state index contributed by atoms with van der Waals surface area (Å²) in [6, 6.07) is 0.423. The number of aryl methyl sites for hydroxylation is 1. The third-order valence-corrected chi connectivity index (χ3v) is 2.50. The smallest absolute Gasteiger partial charge is 0.237 e. The monoisotopic (exact) mass is 240 g/mol. The molecule has 0 aliphatic carbocycles. The Labute approximate surface area is 84.0 Å². The molecule has 0 aliphatic heterocycles. The van der Waals surface area contributed by atoms with Crippen molar-refractivity contribution >= 4 is 10.0 Å². The van der Waals surface area contributed by atoms with Crippen LogP contribution in [0.15, 0.2) is 11.1 Å². The van der Waals surface area contributed by atoms with E-state index in [9.17, 15) is 21.6 Å². The van der Waals surface area contributed by atoms with Crippen LogP contribution in [0, 0.1) is 12.7 Å². The number of alkyl halides is 2. The second kappa shape index (κ2) is 3.78. The lowest BCUT2D eigenvalue weighted by molar-refractivity contribution is 0.149. The molecule has 0 amide bonds. The Bertz CT molecular complexity index is 487. The molecular formula is C7H7F3N2O2S. The normalized spacial score (nSPS) is 12.1. The Balaban J connectivity index is 3.46. The van der Waals surface area contributed by atoms with Crippen molar-refractivity contribution in [3.63, 3.8) is 0 Å². The number of nitrogens with two attached hydrogens (primary N) is 1. The second-order valence-corrected chi connectivity index (χ2v) is 4.27. The Morgan fingerprint density at radius 1 is 1.47 bits per heavy atom. The van der Waals surface area contributed by atoms with Crippen molar-refractivity contribution in [3.8, 4) is 0 Å². The lowest BCUT2D eigenvalue weighted by Gasteiger charge is -2.06. The van der Waals surface area contributed by atoms with Gasteiger partial charge in [-0.2, -0.15) is 0 Å². The van der Waals surface area contributed by atoms with Crippen molar-refractivity contribution in [2.24, 2.45) is 5.14 Å². The highest BCUT2D eigenvalue weighted by molar-refractivity contribution is 7.89. The van der Waals surface area contributed by atoms with Crippen molar-refractivity contribution in [2.45, 2.75) is 18.4 Å². The van der Waals surface area contributed by atoms with Gasteiger partial charge in [0.05, 0.1) is 0 Å². The third kappa shape index (κ3) is 2.45. The Hall–Kier alpha value is -1.15. The lowest BCUT2D eigenvalue weighted by atomic mass is 10.2. The quantitative estimate of drug-likeness (QED) is 0.841. The molecule has 1 aromatic heterocycles. The summed E-state index contributed by atoms with van der Waals surface area (Å²) in [6.07, 6.45) is -2.92. The van der Waals surface area contributed by atoms with Gasteiger partial charge in [0.25, 0.3) is 16.4 Å². The molecule has 0 spiro atoms. The molecule has 1 aromatic rings. The molecule has 0 unspecified atom stereocenters. The van der Waals surface area contributed by atoms with Crippen LogP contribution in [0.1, 0.15) is 17.7 Å². The van der Waals surface area contributed by atoms with Gasteiger partial charge in [-0.3, -0.25) is 0 Å². The first-order chi connectivity index (χ1) is 6.73. The summed E-state index contributed by atoms with van der Waals surface area (Å²) in [6.45, 7) is 1.15. The molecule has 2 N–H and O–H groups in total. The standard InChI is InChI=1S/C7H7F3N2O2S/c1-3-4(6(9)10)2-5(8)7(12-3)15(11,13)14/h2,6H,1H3,(H2,11,13,14). The predicted molar refractivity (Wildman–Crippen MR) is 45.3 cm³/mol. The van der Waals surface area contributed by atoms with E-state index in [4.69, 9.17) is 0 Å². The summed E-state index contributed by atoms with van der Waals surface area (Å²) >= 11 is 0. The van der Waals surface area contributed by atoms with Gasteiger partial charge in [0.1, 0.15) is 0 Å². The zero-order chi connectivity index (χ0) is 11.8. The van der Waals surface area contributed by atoms with Crippen LogP contribution in [-0.2, 0) is 10.0 Å². The minimum atomic E-state index is -4.33. The number of hydrogen-bond donors (Lipinski definition) is 1. The van der Waals surface area contributed by atoms with Crippen LogP contribution in [0.4, 0.5) is 13.2 Å². The first-order valence-corrected chi connectivity index (χ1v) is 5.26. The van der Waals surface area contributed by atoms with Crippen molar-refractivity contribution in [1.29, 1.82) is 0 Å². The number of sulfonamides is 1. The fraction of sp³-hybridized carbons (Fsp3) is 0.286. The molecule has 84 valence electrons. The summed E-state index contributed by atoms with van der Waals surface area (Å²) in [5, 5.41) is 3.61. The van der Waals surface area contributed by atoms with Crippen LogP contribution in [-0.4, -0.2) is 13.4 Å². The van der Waals surface area contributed by atoms with Gasteiger partial charge in [-0.1, -0.05) is 0 Å². The van der Waals surface area contributed by atoms with Gasteiger partial charge in [-0.25, -0.2) is 31.7 Å². The summed E-state index contributed by atoms with van der Waals surface area (Å²) in [5.41, 5.74) is -0.921. The van der Waals surface area contributed by atoms with Gasteiger partial charge in [0.15, 0.2) is 5.82 Å². The molecule has 0 aliphatic rings. The predicted octanol–water partition coefficient (Wildman–Crippen LogP) is 1.11. The van der Waals surface area contributed by atoms with Crippen molar-refractivity contribution in [3.05, 3.63) is 23.1 Å². The van der Waals surface area contributed by atoms with Gasteiger partial charge < -0.3 is 0 Å². The number of rotatable bonds is 2. The zero-order valence-electron chi connectivity index (χ0n) is 7.54. The van der Waals surface area contributed by atoms with Gasteiger partial charge in [0, 0.05) is 11.3 Å². The van der Waals surface area contributed by atoms with Crippen molar-refractivity contribution < 1.29 is 21.6 Å². The van der Waals surface area contributed by atoms with E-state index >= 15 is 0 Å². The van der Waals surface area contributed by atoms with Gasteiger partial charge >= 0.3 is 0 Å². The van der Waals surface area contributed by atoms with E-state index in [-0.39, 0.29) is 5.69 Å². The Kier molecular flexibility index (Phi) is 3.00. The minimum Gasteiger partial charge on any atom is -0.237 e. The van der Waals surface area contributed by atoms with E-state index in [1.54, 1.807) is 0 Å². The molecule has 1 heterocycles. The average Bonchev–Trinajstić information content (AvgIpc) is 2.06. The summed E-state index contributed by atoms with van der Waals surface area (Å²) < 4.78 is 59.1. The molecule has 0 radical (unpaired) electrons. The molecule has 8 heteroatoms. The second-order valence-electron chi connectivity index (χ2n) is 2.80. The van der Waals surface area contributed by atoms with E-state index < -0.39 is 32.9 Å². The SMILES string of the molecule is Cc1nc(S(N)(=O)=O)c(F)cc1C(F)F. The zero-order valence-corrected chi connectivity index (χ0v) is 8.35. The number of halogens is 3. The number of nitrogens with zero attached hydrogens (tertiary/aromatic N) is 1. The van der Waals surface area contributed by atoms with E-state index in [1.807, 2.05) is 0 Å². The van der Waals surface area contributed by atoms with Gasteiger partial charge in [-0.05, 0) is 13.0 Å². The number of aromatic nitrogens is 1. The molecule has 15 heavy (non-hydrogen) atoms. The Morgan fingerprint density at radius 2 is 2.00 bits per heavy atom. The van der Waals surface area contributed by atoms with Crippen LogP contribution in [0.25, 0.3) is 0 Å². The van der Waals surface area contributed by atoms with Crippen molar-refractivity contribution in [1.82, 2.24) is 4.98 Å². The average molecular weight is 240 g/mol. The molecule has 0 aromatic carbocycles. The first kappa shape index (κ1) is 11.9. The maximum Gasteiger partial charge on any atom is 0.265 e. The highest BCUT2D eigenvalue weighted by Gasteiger charge is 2.21. The number of pyridine rings is 1. The van der Waals surface area contributed by atoms with Gasteiger partial charge in [-0.15, -0.1) is 0 Å². The molecular weight excluding hydrogens is 233 g/mol. The maximum absolute atomic E-state index is 13.0. The fourth-order valence-corrected chi connectivity index (χ4v) is 1.59. The van der Waals surface area contributed by atoms with Crippen LogP contribution in [0.2, 0.25) is 0 Å². The molecule has 0 saturated heterocycles. The van der Waals surface area contributed by atoms with Gasteiger partial charge in [0.2, 0.25) is 5.03 Å². The van der Waals surface area contributed by atoms with E-state index in [2.05, 4.69) is 10.1 Å². The van der Waals surface area contributed by atoms with E-state index in [1.165, 1.54) is 0 Å². The summed E-state index contributed by atoms with van der Waals surface area (Å²) in [4.78, 5) is 3.20. The largest absolute Gasteiger partial charge is 0.265 e. The van der Waals surface area contributed by atoms with Crippen LogP contribution >= 0.6 is 0 Å². The van der Waals surface area contributed by atoms with E-state index in [0.717, 1.165) is 6.92 Å². The molecule has 0 saturated carbocycles. The summed E-state index contributed by atoms with van der Waals surface area (Å²) in [5.74, 6) is -1.38. The molecule has 0 atom stereocenters. The van der Waals surface area contributed by atoms with Crippen LogP contribution < -0.4 is 5.14 Å².